The van der Waals surface area contributed by atoms with Crippen molar-refractivity contribution in [3.63, 3.8) is 0 Å². The van der Waals surface area contributed by atoms with Crippen molar-refractivity contribution in [1.82, 2.24) is 9.88 Å². The summed E-state index contributed by atoms with van der Waals surface area (Å²) < 4.78 is 2.12. The molecular weight excluding hydrogens is 502 g/mol. The molecule has 4 nitrogen and oxygen atoms in total. The number of halogens is 2. The quantitative estimate of drug-likeness (QED) is 0.243. The zero-order chi connectivity index (χ0) is 20.8. The van der Waals surface area contributed by atoms with Crippen LogP contribution in [0, 0.1) is 6.92 Å². The maximum atomic E-state index is 13.0. The first-order chi connectivity index (χ1) is 13.9. The van der Waals surface area contributed by atoms with Gasteiger partial charge in [0.2, 0.25) is 5.91 Å². The Balaban J connectivity index is 0.00000320. The van der Waals surface area contributed by atoms with Crippen LogP contribution in [0.4, 0.5) is 5.13 Å². The van der Waals surface area contributed by atoms with E-state index in [1.165, 1.54) is 10.5 Å². The molecule has 162 valence electrons. The number of hydrogen-bond donors (Lipinski definition) is 0. The number of aryl methyl sites for hydroxylation is 1. The van der Waals surface area contributed by atoms with Crippen LogP contribution in [-0.4, -0.2) is 48.7 Å². The van der Waals surface area contributed by atoms with E-state index in [4.69, 9.17) is 4.98 Å². The van der Waals surface area contributed by atoms with E-state index in [1.54, 1.807) is 23.1 Å². The van der Waals surface area contributed by atoms with Gasteiger partial charge in [-0.15, -0.1) is 24.2 Å². The van der Waals surface area contributed by atoms with Gasteiger partial charge < -0.3 is 4.90 Å². The highest BCUT2D eigenvalue weighted by Crippen LogP contribution is 2.31. The van der Waals surface area contributed by atoms with E-state index in [9.17, 15) is 4.79 Å². The van der Waals surface area contributed by atoms with Crippen molar-refractivity contribution in [2.24, 2.45) is 0 Å². The first kappa shape index (κ1) is 25.1. The molecule has 8 heteroatoms. The summed E-state index contributed by atoms with van der Waals surface area (Å²) in [6, 6.07) is 14.6. The van der Waals surface area contributed by atoms with Crippen molar-refractivity contribution < 1.29 is 4.79 Å². The van der Waals surface area contributed by atoms with Gasteiger partial charge in [0.25, 0.3) is 0 Å². The SMILES string of the molecule is Cc1ccc(SCCCC(=O)N(CCN(C)C)c2nc3ccc(Br)cc3s2)cc1.Cl. The Bertz CT molecular complexity index is 963. The molecule has 0 N–H and O–H groups in total. The number of anilines is 1. The Labute approximate surface area is 201 Å². The van der Waals surface area contributed by atoms with E-state index in [1.807, 2.05) is 31.1 Å². The van der Waals surface area contributed by atoms with Crippen LogP contribution in [0.3, 0.4) is 0 Å². The summed E-state index contributed by atoms with van der Waals surface area (Å²) in [5.74, 6) is 1.08. The minimum atomic E-state index is 0. The molecule has 0 aliphatic heterocycles. The Kier molecular flexibility index (Phi) is 10.1. The molecule has 0 atom stereocenters. The van der Waals surface area contributed by atoms with Crippen LogP contribution in [0.1, 0.15) is 18.4 Å². The van der Waals surface area contributed by atoms with Gasteiger partial charge in [-0.05, 0) is 63.5 Å². The van der Waals surface area contributed by atoms with Crippen LogP contribution < -0.4 is 4.90 Å². The maximum absolute atomic E-state index is 13.0. The van der Waals surface area contributed by atoms with Gasteiger partial charge in [0.15, 0.2) is 5.13 Å². The number of hydrogen-bond acceptors (Lipinski definition) is 5. The third-order valence-corrected chi connectivity index (χ3v) is 7.10. The maximum Gasteiger partial charge on any atom is 0.228 e. The van der Waals surface area contributed by atoms with Gasteiger partial charge in [-0.2, -0.15) is 0 Å². The molecule has 0 fully saturated rings. The number of fused-ring (bicyclic) bond motifs is 1. The molecule has 3 rings (SSSR count). The Morgan fingerprint density at radius 2 is 1.87 bits per heavy atom. The number of nitrogens with zero attached hydrogens (tertiary/aromatic N) is 3. The highest BCUT2D eigenvalue weighted by molar-refractivity contribution is 9.10. The summed E-state index contributed by atoms with van der Waals surface area (Å²) in [7, 11) is 4.05. The first-order valence-electron chi connectivity index (χ1n) is 9.63. The molecule has 0 unspecified atom stereocenters. The third-order valence-electron chi connectivity index (χ3n) is 4.47. The molecule has 0 saturated heterocycles. The fourth-order valence-corrected chi connectivity index (χ4v) is 5.23. The van der Waals surface area contributed by atoms with Crippen molar-refractivity contribution in [2.75, 3.05) is 37.8 Å². The van der Waals surface area contributed by atoms with Gasteiger partial charge >= 0.3 is 0 Å². The van der Waals surface area contributed by atoms with E-state index in [0.717, 1.165) is 38.5 Å². The van der Waals surface area contributed by atoms with E-state index in [-0.39, 0.29) is 18.3 Å². The summed E-state index contributed by atoms with van der Waals surface area (Å²) in [4.78, 5) is 22.9. The van der Waals surface area contributed by atoms with Gasteiger partial charge in [-0.25, -0.2) is 4.98 Å². The lowest BCUT2D eigenvalue weighted by Gasteiger charge is -2.22. The standard InChI is InChI=1S/C22H26BrN3OS2.ClH/c1-16-6-9-18(10-7-16)28-14-4-5-21(27)26(13-12-25(2)3)22-24-19-11-8-17(23)15-20(19)29-22;/h6-11,15H,4-5,12-14H2,1-3H3;1H. The van der Waals surface area contributed by atoms with E-state index < -0.39 is 0 Å². The third kappa shape index (κ3) is 7.24. The number of carbonyl (C=O) groups excluding carboxylic acids is 1. The number of likely N-dealkylation sites (N-methyl/N-ethyl adjacent to an activating group) is 1. The lowest BCUT2D eigenvalue weighted by molar-refractivity contribution is -0.118. The second kappa shape index (κ2) is 12.1. The molecule has 0 saturated carbocycles. The van der Waals surface area contributed by atoms with E-state index in [0.29, 0.717) is 13.0 Å². The minimum absolute atomic E-state index is 0. The lowest BCUT2D eigenvalue weighted by Crippen LogP contribution is -2.36. The highest BCUT2D eigenvalue weighted by Gasteiger charge is 2.19. The monoisotopic (exact) mass is 527 g/mol. The molecule has 0 aliphatic carbocycles. The van der Waals surface area contributed by atoms with E-state index in [2.05, 4.69) is 58.1 Å². The Morgan fingerprint density at radius 3 is 2.57 bits per heavy atom. The fraction of sp³-hybridized carbons (Fsp3) is 0.364. The number of thiazole rings is 1. The van der Waals surface area contributed by atoms with Crippen LogP contribution in [-0.2, 0) is 4.79 Å². The van der Waals surface area contributed by atoms with Crippen molar-refractivity contribution >= 4 is 72.7 Å². The van der Waals surface area contributed by atoms with Gasteiger partial charge in [-0.1, -0.05) is 45.0 Å². The fourth-order valence-electron chi connectivity index (χ4n) is 2.81. The molecular formula is C22H27BrClN3OS2. The topological polar surface area (TPSA) is 36.4 Å². The smallest absolute Gasteiger partial charge is 0.228 e. The molecule has 0 bridgehead atoms. The van der Waals surface area contributed by atoms with E-state index >= 15 is 0 Å². The van der Waals surface area contributed by atoms with Crippen LogP contribution in [0.15, 0.2) is 51.8 Å². The van der Waals surface area contributed by atoms with Crippen LogP contribution in [0.2, 0.25) is 0 Å². The van der Waals surface area contributed by atoms with Crippen LogP contribution >= 0.6 is 51.4 Å². The molecule has 3 aromatic rings. The predicted octanol–water partition coefficient (Wildman–Crippen LogP) is 6.26. The Morgan fingerprint density at radius 1 is 1.13 bits per heavy atom. The lowest BCUT2D eigenvalue weighted by atomic mass is 10.2. The number of carbonyl (C=O) groups is 1. The predicted molar refractivity (Wildman–Crippen MR) is 137 cm³/mol. The second-order valence-corrected chi connectivity index (χ2v) is 10.3. The molecule has 0 radical (unpaired) electrons. The van der Waals surface area contributed by atoms with Gasteiger partial charge in [-0.3, -0.25) is 9.69 Å². The number of amides is 1. The number of aromatic nitrogens is 1. The molecule has 1 aromatic heterocycles. The van der Waals surface area contributed by atoms with Crippen molar-refractivity contribution in [3.8, 4) is 0 Å². The van der Waals surface area contributed by atoms with Crippen molar-refractivity contribution in [1.29, 1.82) is 0 Å². The summed E-state index contributed by atoms with van der Waals surface area (Å²) in [5, 5.41) is 0.788. The molecule has 30 heavy (non-hydrogen) atoms. The van der Waals surface area contributed by atoms with Gasteiger partial charge in [0, 0.05) is 28.9 Å². The first-order valence-corrected chi connectivity index (χ1v) is 12.2. The van der Waals surface area contributed by atoms with Crippen LogP contribution in [0.5, 0.6) is 0 Å². The molecule has 2 aromatic carbocycles. The molecule has 0 aliphatic rings. The molecule has 1 amide bonds. The second-order valence-electron chi connectivity index (χ2n) is 7.22. The largest absolute Gasteiger partial charge is 0.308 e. The highest BCUT2D eigenvalue weighted by atomic mass is 79.9. The zero-order valence-electron chi connectivity index (χ0n) is 17.4. The average molecular weight is 529 g/mol. The minimum Gasteiger partial charge on any atom is -0.308 e. The Hall–Kier alpha value is -1.12. The summed E-state index contributed by atoms with van der Waals surface area (Å²) in [6.45, 7) is 3.55. The zero-order valence-corrected chi connectivity index (χ0v) is 21.5. The summed E-state index contributed by atoms with van der Waals surface area (Å²) in [5.41, 5.74) is 2.20. The van der Waals surface area contributed by atoms with Crippen molar-refractivity contribution in [3.05, 3.63) is 52.5 Å². The number of rotatable bonds is 9. The average Bonchev–Trinajstić information content (AvgIpc) is 3.09. The van der Waals surface area contributed by atoms with Crippen molar-refractivity contribution in [2.45, 2.75) is 24.7 Å². The van der Waals surface area contributed by atoms with Crippen LogP contribution in [0.25, 0.3) is 10.2 Å². The molecule has 1 heterocycles. The summed E-state index contributed by atoms with van der Waals surface area (Å²) >= 11 is 6.89. The number of thioether (sulfide) groups is 1. The van der Waals surface area contributed by atoms with Gasteiger partial charge in [0.1, 0.15) is 0 Å². The number of benzene rings is 2. The normalized spacial score (nSPS) is 11.0. The molecule has 0 spiro atoms. The summed E-state index contributed by atoms with van der Waals surface area (Å²) in [6.07, 6.45) is 1.39. The van der Waals surface area contributed by atoms with Gasteiger partial charge in [0.05, 0.1) is 10.2 Å².